The number of fused-ring (bicyclic) bond motifs is 3. The summed E-state index contributed by atoms with van der Waals surface area (Å²) in [5, 5.41) is 0. The second-order valence-electron chi connectivity index (χ2n) is 9.08. The predicted octanol–water partition coefficient (Wildman–Crippen LogP) is 6.84. The number of nitrogens with zero attached hydrogens (tertiary/aromatic N) is 2. The second kappa shape index (κ2) is 9.19. The summed E-state index contributed by atoms with van der Waals surface area (Å²) in [4.78, 5) is 10.3. The normalized spacial score (nSPS) is 22.5. The van der Waals surface area contributed by atoms with Crippen molar-refractivity contribution in [2.75, 3.05) is 0 Å². The van der Waals surface area contributed by atoms with E-state index in [0.717, 1.165) is 64.1 Å². The van der Waals surface area contributed by atoms with Gasteiger partial charge < -0.3 is 0 Å². The number of benzene rings is 2. The van der Waals surface area contributed by atoms with E-state index in [2.05, 4.69) is 38.1 Å². The van der Waals surface area contributed by atoms with Gasteiger partial charge in [-0.15, -0.1) is 0 Å². The zero-order valence-corrected chi connectivity index (χ0v) is 23.9. The fraction of sp³-hybridized carbons (Fsp3) is 0.440. The summed E-state index contributed by atoms with van der Waals surface area (Å²) in [6.45, 7) is 12.3. The van der Waals surface area contributed by atoms with E-state index in [4.69, 9.17) is 34.0 Å². The topological polar surface area (TPSA) is 43.2 Å². The van der Waals surface area contributed by atoms with E-state index in [0.29, 0.717) is 11.5 Å². The summed E-state index contributed by atoms with van der Waals surface area (Å²) >= 11 is -4.51. The zero-order chi connectivity index (χ0) is 23.2. The van der Waals surface area contributed by atoms with Gasteiger partial charge in [-0.25, -0.2) is 0 Å². The van der Waals surface area contributed by atoms with Crippen molar-refractivity contribution in [1.29, 1.82) is 0 Å². The molecule has 1 aliphatic heterocycles. The molecule has 0 bridgehead atoms. The van der Waals surface area contributed by atoms with Gasteiger partial charge in [-0.1, -0.05) is 0 Å². The van der Waals surface area contributed by atoms with Gasteiger partial charge in [0.05, 0.1) is 0 Å². The van der Waals surface area contributed by atoms with E-state index in [1.807, 2.05) is 27.7 Å². The Morgan fingerprint density at radius 3 is 1.53 bits per heavy atom. The first kappa shape index (κ1) is 23.9. The molecule has 0 radical (unpaired) electrons. The van der Waals surface area contributed by atoms with Crippen LogP contribution in [0.15, 0.2) is 34.3 Å². The Hall–Kier alpha value is -1.24. The quantitative estimate of drug-likeness (QED) is 0.321. The molecule has 0 unspecified atom stereocenters. The van der Waals surface area contributed by atoms with Crippen LogP contribution in [-0.4, -0.2) is 40.5 Å². The summed E-state index contributed by atoms with van der Waals surface area (Å²) in [6, 6.07) is 8.64. The van der Waals surface area contributed by atoms with Crippen molar-refractivity contribution in [3.05, 3.63) is 57.6 Å². The average molecular weight is 580 g/mol. The fourth-order valence-corrected chi connectivity index (χ4v) is 9.93. The van der Waals surface area contributed by atoms with Crippen molar-refractivity contribution >= 4 is 46.2 Å². The van der Waals surface area contributed by atoms with E-state index in [1.54, 1.807) is 0 Å². The van der Waals surface area contributed by atoms with Gasteiger partial charge in [0, 0.05) is 0 Å². The van der Waals surface area contributed by atoms with Crippen LogP contribution in [0.5, 0.6) is 11.5 Å². The van der Waals surface area contributed by atoms with Crippen LogP contribution in [0.1, 0.15) is 66.5 Å². The molecule has 2 aromatic carbocycles. The van der Waals surface area contributed by atoms with Crippen molar-refractivity contribution in [1.82, 2.24) is 0 Å². The maximum atomic E-state index is 6.83. The number of hydrogen-bond acceptors (Lipinski definition) is 4. The van der Waals surface area contributed by atoms with Crippen LogP contribution in [0.3, 0.4) is 0 Å². The molecule has 2 aromatic rings. The summed E-state index contributed by atoms with van der Waals surface area (Å²) in [5.74, 6) is 1.35. The van der Waals surface area contributed by atoms with E-state index < -0.39 is 17.0 Å². The molecule has 1 saturated carbocycles. The molecule has 2 atom stereocenters. The van der Waals surface area contributed by atoms with Crippen LogP contribution in [0, 0.1) is 27.7 Å². The van der Waals surface area contributed by atoms with E-state index in [1.165, 1.54) is 0 Å². The molecule has 1 aliphatic carbocycles. The van der Waals surface area contributed by atoms with Gasteiger partial charge in [-0.3, -0.25) is 0 Å². The van der Waals surface area contributed by atoms with Crippen LogP contribution in [0.4, 0.5) is 0 Å². The van der Waals surface area contributed by atoms with E-state index in [-0.39, 0.29) is 12.1 Å². The minimum absolute atomic E-state index is 0.148. The second-order valence-corrected chi connectivity index (χ2v) is 20.9. The molecule has 0 N–H and O–H groups in total. The first-order valence-corrected chi connectivity index (χ1v) is 20.7. The Bertz CT molecular complexity index is 1040. The van der Waals surface area contributed by atoms with Crippen LogP contribution < -0.4 is 6.15 Å². The molecule has 0 amide bonds. The molecule has 4 nitrogen and oxygen atoms in total. The molecule has 0 spiro atoms. The van der Waals surface area contributed by atoms with Crippen molar-refractivity contribution in [2.45, 2.75) is 72.9 Å². The third-order valence-corrected chi connectivity index (χ3v) is 10.8. The summed E-state index contributed by atoms with van der Waals surface area (Å²) < 4.78 is 12.7. The number of rotatable bonds is 0. The molecule has 4 rings (SSSR count). The number of aryl methyl sites for hydroxylation is 4. The average Bonchev–Trinajstić information content (AvgIpc) is 3.11. The van der Waals surface area contributed by atoms with Crippen LogP contribution in [0.2, 0.25) is 0 Å². The van der Waals surface area contributed by atoms with Crippen molar-refractivity contribution < 1.29 is 6.15 Å². The molecule has 0 aromatic heterocycles. The Balaban J connectivity index is 1.95. The molecule has 1 fully saturated rings. The van der Waals surface area contributed by atoms with E-state index in [9.17, 15) is 0 Å². The molecule has 170 valence electrons. The molecular formula is C25H30Cl2N2O2Sn. The van der Waals surface area contributed by atoms with E-state index >= 15 is 0 Å². The monoisotopic (exact) mass is 580 g/mol. The first-order valence-electron chi connectivity index (χ1n) is 11.1. The SMILES string of the molecule is CC1=N[C@@H]2CCC[C@H]2N=C(C)c2cc(C)cc(C)c2[O][Sn]([Cl])([Cl])[O]c2c(C)cc(C)cc21. The number of hydrogen-bond donors (Lipinski definition) is 0. The molecule has 0 saturated heterocycles. The Morgan fingerprint density at radius 2 is 1.12 bits per heavy atom. The van der Waals surface area contributed by atoms with Crippen molar-refractivity contribution in [2.24, 2.45) is 9.98 Å². The molecule has 32 heavy (non-hydrogen) atoms. The molecule has 7 heteroatoms. The third-order valence-electron chi connectivity index (χ3n) is 6.22. The molecule has 1 heterocycles. The standard InChI is InChI=1S/C25H32N2O2.2ClH.Sn/c1-14-10-16(3)24(28)20(12-14)18(5)26-22-8-7-9-23(22)27-19(6)21-13-15(2)11-17(4)25(21)29;;;/h10-13,22-23,28-29H,7-9H2,1-6H3;2*1H;/q;;;+4/p-4/t22-,23-;;;/m1.../s1. The van der Waals surface area contributed by atoms with Gasteiger partial charge in [0.1, 0.15) is 0 Å². The van der Waals surface area contributed by atoms with Crippen molar-refractivity contribution in [3.63, 3.8) is 0 Å². The van der Waals surface area contributed by atoms with Gasteiger partial charge in [0.25, 0.3) is 0 Å². The Labute approximate surface area is 203 Å². The van der Waals surface area contributed by atoms with Crippen LogP contribution in [-0.2, 0) is 0 Å². The molecular weight excluding hydrogens is 550 g/mol. The van der Waals surface area contributed by atoms with Gasteiger partial charge >= 0.3 is 204 Å². The first-order chi connectivity index (χ1) is 15.0. The fourth-order valence-electron chi connectivity index (χ4n) is 4.83. The summed E-state index contributed by atoms with van der Waals surface area (Å²) in [6.07, 6.45) is 3.19. The van der Waals surface area contributed by atoms with Gasteiger partial charge in [-0.2, -0.15) is 0 Å². The summed E-state index contributed by atoms with van der Waals surface area (Å²) in [7, 11) is 13.7. The van der Waals surface area contributed by atoms with Crippen molar-refractivity contribution in [3.8, 4) is 11.5 Å². The maximum absolute atomic E-state index is 6.83. The zero-order valence-electron chi connectivity index (χ0n) is 19.6. The predicted molar refractivity (Wildman–Crippen MR) is 136 cm³/mol. The number of aliphatic imine (C=N–C) groups is 2. The Morgan fingerprint density at radius 1 is 0.719 bits per heavy atom. The summed E-state index contributed by atoms with van der Waals surface area (Å²) in [5.41, 5.74) is 7.95. The van der Waals surface area contributed by atoms with Gasteiger partial charge in [0.15, 0.2) is 0 Å². The van der Waals surface area contributed by atoms with Crippen LogP contribution in [0.25, 0.3) is 0 Å². The Kier molecular flexibility index (Phi) is 6.86. The third kappa shape index (κ3) is 4.97. The minimum atomic E-state index is -4.51. The van der Waals surface area contributed by atoms with Gasteiger partial charge in [-0.05, 0) is 0 Å². The molecule has 2 aliphatic rings. The van der Waals surface area contributed by atoms with Gasteiger partial charge in [0.2, 0.25) is 0 Å². The number of halogens is 2. The van der Waals surface area contributed by atoms with Crippen LogP contribution >= 0.6 is 17.8 Å².